The summed E-state index contributed by atoms with van der Waals surface area (Å²) in [6.45, 7) is 2.23. The first-order valence-electron chi connectivity index (χ1n) is 12.3. The summed E-state index contributed by atoms with van der Waals surface area (Å²) in [6.07, 6.45) is -1.98. The van der Waals surface area contributed by atoms with E-state index in [0.717, 1.165) is 11.8 Å². The molecule has 0 unspecified atom stereocenters. The van der Waals surface area contributed by atoms with E-state index < -0.39 is 53.1 Å². The van der Waals surface area contributed by atoms with Crippen LogP contribution in [0.4, 0.5) is 4.39 Å². The lowest BCUT2D eigenvalue weighted by molar-refractivity contribution is -0.179. The fraction of sp³-hybridized carbons (Fsp3) is 0.625. The number of thioether (sulfide) groups is 1. The van der Waals surface area contributed by atoms with Crippen molar-refractivity contribution in [3.05, 3.63) is 34.7 Å². The number of hydrogen-bond donors (Lipinski definition) is 4. The molecule has 1 amide bonds. The van der Waals surface area contributed by atoms with Crippen LogP contribution in [0.25, 0.3) is 11.3 Å². The number of nitrogens with zero attached hydrogens (tertiary/aromatic N) is 4. The SMILES string of the molecule is CCN(C)C(=O)[C@@H](S[C@@H]1O[C@H](CO)[C@H](O)[C@H](n2cc(-c3ccc(Br)c(F)c3)nn2)[C@H]1O)C1(O)CCOCC1. The second kappa shape index (κ2) is 12.3. The third-order valence-corrected chi connectivity index (χ3v) is 9.29. The first-order chi connectivity index (χ1) is 18.1. The van der Waals surface area contributed by atoms with E-state index in [9.17, 15) is 29.6 Å². The van der Waals surface area contributed by atoms with E-state index in [1.807, 2.05) is 6.92 Å². The van der Waals surface area contributed by atoms with E-state index in [1.165, 1.54) is 27.9 Å². The molecule has 11 nitrogen and oxygen atoms in total. The molecule has 4 rings (SSSR count). The van der Waals surface area contributed by atoms with Crippen LogP contribution in [0.15, 0.2) is 28.9 Å². The first-order valence-corrected chi connectivity index (χ1v) is 14.0. The summed E-state index contributed by atoms with van der Waals surface area (Å²) < 4.78 is 26.8. The molecule has 2 aliphatic heterocycles. The predicted octanol–water partition coefficient (Wildman–Crippen LogP) is 0.948. The number of aliphatic hydroxyl groups is 4. The summed E-state index contributed by atoms with van der Waals surface area (Å²) in [5.74, 6) is -0.819. The van der Waals surface area contributed by atoms with Crippen molar-refractivity contribution < 1.29 is 39.1 Å². The minimum Gasteiger partial charge on any atom is -0.394 e. The maximum Gasteiger partial charge on any atom is 0.238 e. The minimum atomic E-state index is -1.40. The molecule has 14 heteroatoms. The second-order valence-electron chi connectivity index (χ2n) is 9.49. The Labute approximate surface area is 232 Å². The second-order valence-corrected chi connectivity index (χ2v) is 11.6. The maximum absolute atomic E-state index is 14.1. The molecule has 1 aromatic carbocycles. The third-order valence-electron chi connectivity index (χ3n) is 7.07. The van der Waals surface area contributed by atoms with Crippen molar-refractivity contribution in [1.82, 2.24) is 19.9 Å². The lowest BCUT2D eigenvalue weighted by Gasteiger charge is -2.45. The first kappa shape index (κ1) is 29.3. The summed E-state index contributed by atoms with van der Waals surface area (Å²) in [4.78, 5) is 14.8. The monoisotopic (exact) mass is 618 g/mol. The van der Waals surface area contributed by atoms with E-state index in [1.54, 1.807) is 13.1 Å². The number of ether oxygens (including phenoxy) is 2. The lowest BCUT2D eigenvalue weighted by Crippen LogP contribution is -2.58. The van der Waals surface area contributed by atoms with Gasteiger partial charge in [-0.25, -0.2) is 9.07 Å². The van der Waals surface area contributed by atoms with Crippen LogP contribution in [0.3, 0.4) is 0 Å². The molecule has 0 aliphatic carbocycles. The van der Waals surface area contributed by atoms with E-state index >= 15 is 0 Å². The molecule has 0 bridgehead atoms. The number of amides is 1. The Balaban J connectivity index is 1.63. The minimum absolute atomic E-state index is 0.225. The van der Waals surface area contributed by atoms with Crippen LogP contribution in [0, 0.1) is 5.82 Å². The predicted molar refractivity (Wildman–Crippen MR) is 140 cm³/mol. The van der Waals surface area contributed by atoms with E-state index in [0.29, 0.717) is 22.3 Å². The molecule has 210 valence electrons. The topological polar surface area (TPSA) is 150 Å². The molecule has 2 aliphatic rings. The van der Waals surface area contributed by atoms with Crippen LogP contribution in [0.2, 0.25) is 0 Å². The van der Waals surface area contributed by atoms with Gasteiger partial charge in [0.1, 0.15) is 46.6 Å². The van der Waals surface area contributed by atoms with Gasteiger partial charge in [-0.05, 0) is 35.0 Å². The average molecular weight is 620 g/mol. The zero-order chi connectivity index (χ0) is 27.6. The molecule has 0 saturated carbocycles. The number of aromatic nitrogens is 3. The van der Waals surface area contributed by atoms with Gasteiger partial charge in [0.2, 0.25) is 5.91 Å². The molecule has 3 heterocycles. The Morgan fingerprint density at radius 1 is 1.34 bits per heavy atom. The fourth-order valence-electron chi connectivity index (χ4n) is 4.59. The number of hydrogen-bond acceptors (Lipinski definition) is 10. The smallest absolute Gasteiger partial charge is 0.238 e. The molecule has 0 spiro atoms. The summed E-state index contributed by atoms with van der Waals surface area (Å²) >= 11 is 4.06. The van der Waals surface area contributed by atoms with Crippen LogP contribution in [0.5, 0.6) is 0 Å². The van der Waals surface area contributed by atoms with E-state index in [2.05, 4.69) is 26.2 Å². The van der Waals surface area contributed by atoms with Crippen molar-refractivity contribution in [3.63, 3.8) is 0 Å². The highest BCUT2D eigenvalue weighted by atomic mass is 79.9. The summed E-state index contributed by atoms with van der Waals surface area (Å²) in [6, 6.07) is 3.34. The Kier molecular flexibility index (Phi) is 9.46. The quantitative estimate of drug-likeness (QED) is 0.337. The van der Waals surface area contributed by atoms with Gasteiger partial charge in [0.25, 0.3) is 0 Å². The summed E-state index contributed by atoms with van der Waals surface area (Å²) in [5, 5.41) is 50.8. The molecular weight excluding hydrogens is 587 g/mol. The van der Waals surface area contributed by atoms with Gasteiger partial charge in [-0.15, -0.1) is 16.9 Å². The van der Waals surface area contributed by atoms with Crippen molar-refractivity contribution in [1.29, 1.82) is 0 Å². The van der Waals surface area contributed by atoms with Crippen molar-refractivity contribution in [2.24, 2.45) is 0 Å². The molecule has 2 saturated heterocycles. The normalized spacial score (nSPS) is 28.2. The van der Waals surface area contributed by atoms with Crippen LogP contribution in [-0.2, 0) is 14.3 Å². The van der Waals surface area contributed by atoms with Gasteiger partial charge in [-0.3, -0.25) is 4.79 Å². The Bertz CT molecular complexity index is 1120. The van der Waals surface area contributed by atoms with Gasteiger partial charge in [0.15, 0.2) is 0 Å². The number of aliphatic hydroxyl groups excluding tert-OH is 3. The fourth-order valence-corrected chi connectivity index (χ4v) is 6.42. The molecule has 2 fully saturated rings. The largest absolute Gasteiger partial charge is 0.394 e. The Morgan fingerprint density at radius 3 is 2.68 bits per heavy atom. The number of halogens is 2. The number of benzene rings is 1. The Hall–Kier alpha value is -1.65. The average Bonchev–Trinajstić information content (AvgIpc) is 3.39. The Morgan fingerprint density at radius 2 is 2.05 bits per heavy atom. The van der Waals surface area contributed by atoms with Crippen molar-refractivity contribution >= 4 is 33.6 Å². The zero-order valence-electron chi connectivity index (χ0n) is 21.0. The summed E-state index contributed by atoms with van der Waals surface area (Å²) in [7, 11) is 1.63. The molecule has 2 aromatic rings. The van der Waals surface area contributed by atoms with Gasteiger partial charge < -0.3 is 34.8 Å². The van der Waals surface area contributed by atoms with Gasteiger partial charge in [-0.2, -0.15) is 0 Å². The standard InChI is InChI=1S/C24H32BrFN4O7S/c1-3-29(2)22(34)21(24(35)6-8-36-9-7-24)38-23-20(33)18(19(32)17(12-31)37-23)30-11-16(27-28-30)13-4-5-14(25)15(26)10-13/h4-5,10-11,17-21,23,31-33,35H,3,6-9,12H2,1-2H3/t17-,18+,19+,20-,21-,23+/m1/s1. The van der Waals surface area contributed by atoms with Crippen LogP contribution in [-0.4, -0.2) is 114 Å². The van der Waals surface area contributed by atoms with E-state index in [-0.39, 0.29) is 32.0 Å². The zero-order valence-corrected chi connectivity index (χ0v) is 23.4. The molecule has 1 aromatic heterocycles. The van der Waals surface area contributed by atoms with Crippen molar-refractivity contribution in [2.45, 2.75) is 60.4 Å². The molecule has 0 radical (unpaired) electrons. The highest BCUT2D eigenvalue weighted by molar-refractivity contribution is 9.10. The van der Waals surface area contributed by atoms with Crippen molar-refractivity contribution in [3.8, 4) is 11.3 Å². The number of carbonyl (C=O) groups excluding carboxylic acids is 1. The highest BCUT2D eigenvalue weighted by Gasteiger charge is 2.51. The maximum atomic E-state index is 14.1. The van der Waals surface area contributed by atoms with Crippen LogP contribution < -0.4 is 0 Å². The van der Waals surface area contributed by atoms with Crippen LogP contribution in [0.1, 0.15) is 25.8 Å². The van der Waals surface area contributed by atoms with Crippen LogP contribution >= 0.6 is 27.7 Å². The van der Waals surface area contributed by atoms with Gasteiger partial charge in [0, 0.05) is 45.2 Å². The van der Waals surface area contributed by atoms with Gasteiger partial charge in [0.05, 0.1) is 22.9 Å². The third kappa shape index (κ3) is 5.92. The van der Waals surface area contributed by atoms with Crippen molar-refractivity contribution in [2.75, 3.05) is 33.4 Å². The summed E-state index contributed by atoms with van der Waals surface area (Å²) in [5.41, 5.74) is -1.77. The molecule has 4 N–H and O–H groups in total. The lowest BCUT2D eigenvalue weighted by atomic mass is 9.89. The number of rotatable bonds is 8. The molecule has 38 heavy (non-hydrogen) atoms. The molecular formula is C24H32BrFN4O7S. The van der Waals surface area contributed by atoms with Gasteiger partial charge >= 0.3 is 0 Å². The molecule has 6 atom stereocenters. The van der Waals surface area contributed by atoms with E-state index in [4.69, 9.17) is 9.47 Å². The van der Waals surface area contributed by atoms with Gasteiger partial charge in [-0.1, -0.05) is 11.3 Å². The number of carbonyl (C=O) groups is 1. The highest BCUT2D eigenvalue weighted by Crippen LogP contribution is 2.42.